The molecule has 3 atom stereocenters. The van der Waals surface area contributed by atoms with Crippen molar-refractivity contribution in [1.29, 1.82) is 0 Å². The highest BCUT2D eigenvalue weighted by Gasteiger charge is 2.55. The molecule has 3 fully saturated rings. The average Bonchev–Trinajstić information content (AvgIpc) is 3.26. The Hall–Kier alpha value is -2.21. The highest BCUT2D eigenvalue weighted by molar-refractivity contribution is 5.95. The molecule has 1 aliphatic heterocycles. The van der Waals surface area contributed by atoms with Crippen LogP contribution in [-0.2, 0) is 12.1 Å². The van der Waals surface area contributed by atoms with Crippen LogP contribution in [0.2, 0.25) is 0 Å². The summed E-state index contributed by atoms with van der Waals surface area (Å²) in [6, 6.07) is 20.6. The summed E-state index contributed by atoms with van der Waals surface area (Å²) in [4.78, 5) is 4.83. The Morgan fingerprint density at radius 3 is 2.21 bits per heavy atom. The van der Waals surface area contributed by atoms with Crippen LogP contribution in [-0.4, -0.2) is 59.1 Å². The molecule has 2 aliphatic carbocycles. The summed E-state index contributed by atoms with van der Waals surface area (Å²) >= 11 is 0. The first-order valence-corrected chi connectivity index (χ1v) is 12.5. The van der Waals surface area contributed by atoms with Crippen molar-refractivity contribution in [1.82, 2.24) is 9.80 Å². The molecule has 2 aromatic carbocycles. The summed E-state index contributed by atoms with van der Waals surface area (Å²) in [5.41, 5.74) is 1.52. The van der Waals surface area contributed by atoms with Crippen molar-refractivity contribution in [3.05, 3.63) is 71.8 Å². The number of likely N-dealkylation sites (tertiary alicyclic amines) is 1. The minimum atomic E-state index is -1.20. The van der Waals surface area contributed by atoms with E-state index in [1.807, 2.05) is 30.3 Å². The van der Waals surface area contributed by atoms with Crippen molar-refractivity contribution in [2.24, 2.45) is 28.8 Å². The van der Waals surface area contributed by atoms with Crippen LogP contribution in [0.25, 0.3) is 0 Å². The molecule has 0 radical (unpaired) electrons. The summed E-state index contributed by atoms with van der Waals surface area (Å²) in [6.07, 6.45) is 4.19. The van der Waals surface area contributed by atoms with E-state index in [2.05, 4.69) is 52.3 Å². The molecule has 1 saturated heterocycles. The van der Waals surface area contributed by atoms with E-state index in [0.717, 1.165) is 56.2 Å². The second-order valence-corrected chi connectivity index (χ2v) is 10.5. The standard InChI is InChI=1S/C28H37N3O2/c1-30(17-24-25-18-31(19-26(24)25)16-21-10-4-2-5-11-21)20-27(29-33)28(32,23-14-8-9-15-23)22-12-6-3-7-13-22/h2-7,10-13,23-26,32-33H,8-9,14-20H2,1H3/b29-27+. The largest absolute Gasteiger partial charge is 0.411 e. The van der Waals surface area contributed by atoms with Gasteiger partial charge in [0.15, 0.2) is 0 Å². The maximum Gasteiger partial charge on any atom is 0.135 e. The van der Waals surface area contributed by atoms with E-state index >= 15 is 0 Å². The number of hydrogen-bond acceptors (Lipinski definition) is 5. The van der Waals surface area contributed by atoms with E-state index in [1.54, 1.807) is 0 Å². The van der Waals surface area contributed by atoms with E-state index in [1.165, 1.54) is 18.7 Å². The molecule has 2 N–H and O–H groups in total. The average molecular weight is 448 g/mol. The van der Waals surface area contributed by atoms with Gasteiger partial charge in [-0.25, -0.2) is 0 Å². The number of hydrogen-bond donors (Lipinski definition) is 2. The molecule has 0 bridgehead atoms. The Morgan fingerprint density at radius 2 is 1.61 bits per heavy atom. The molecule has 5 nitrogen and oxygen atoms in total. The normalized spacial score (nSPS) is 27.6. The lowest BCUT2D eigenvalue weighted by Crippen LogP contribution is -2.47. The molecule has 1 heterocycles. The van der Waals surface area contributed by atoms with Crippen LogP contribution >= 0.6 is 0 Å². The van der Waals surface area contributed by atoms with Gasteiger partial charge < -0.3 is 15.2 Å². The van der Waals surface area contributed by atoms with Gasteiger partial charge in [-0.2, -0.15) is 0 Å². The topological polar surface area (TPSA) is 59.3 Å². The van der Waals surface area contributed by atoms with Gasteiger partial charge in [0, 0.05) is 32.7 Å². The molecule has 0 spiro atoms. The van der Waals surface area contributed by atoms with Crippen LogP contribution in [0, 0.1) is 23.7 Å². The van der Waals surface area contributed by atoms with Gasteiger partial charge in [0.25, 0.3) is 0 Å². The molecule has 2 saturated carbocycles. The molecular weight excluding hydrogens is 410 g/mol. The third-order valence-electron chi connectivity index (χ3n) is 8.36. The van der Waals surface area contributed by atoms with Gasteiger partial charge in [-0.3, -0.25) is 4.90 Å². The van der Waals surface area contributed by atoms with Crippen molar-refractivity contribution in [2.45, 2.75) is 37.8 Å². The van der Waals surface area contributed by atoms with Crippen LogP contribution in [0.1, 0.15) is 36.8 Å². The number of rotatable bonds is 9. The van der Waals surface area contributed by atoms with Crippen LogP contribution < -0.4 is 0 Å². The van der Waals surface area contributed by atoms with Crippen molar-refractivity contribution in [3.8, 4) is 0 Å². The Bertz CT molecular complexity index is 932. The zero-order valence-electron chi connectivity index (χ0n) is 19.7. The minimum Gasteiger partial charge on any atom is -0.411 e. The maximum absolute atomic E-state index is 12.0. The van der Waals surface area contributed by atoms with Crippen LogP contribution in [0.5, 0.6) is 0 Å². The highest BCUT2D eigenvalue weighted by Crippen LogP contribution is 2.52. The highest BCUT2D eigenvalue weighted by atomic mass is 16.4. The predicted octanol–water partition coefficient (Wildman–Crippen LogP) is 4.20. The van der Waals surface area contributed by atoms with Crippen LogP contribution in [0.4, 0.5) is 0 Å². The van der Waals surface area contributed by atoms with Gasteiger partial charge in [-0.05, 0) is 54.7 Å². The number of benzene rings is 2. The monoisotopic (exact) mass is 447 g/mol. The van der Waals surface area contributed by atoms with Gasteiger partial charge in [-0.1, -0.05) is 78.7 Å². The molecular formula is C28H37N3O2. The van der Waals surface area contributed by atoms with Crippen molar-refractivity contribution in [2.75, 3.05) is 33.2 Å². The van der Waals surface area contributed by atoms with Gasteiger partial charge in [-0.15, -0.1) is 0 Å². The summed E-state index contributed by atoms with van der Waals surface area (Å²) in [6.45, 7) is 4.87. The van der Waals surface area contributed by atoms with E-state index < -0.39 is 5.60 Å². The molecule has 0 aromatic heterocycles. The fraction of sp³-hybridized carbons (Fsp3) is 0.536. The van der Waals surface area contributed by atoms with Crippen LogP contribution in [0.3, 0.4) is 0 Å². The Morgan fingerprint density at radius 1 is 1.00 bits per heavy atom. The number of piperidine rings is 1. The lowest BCUT2D eigenvalue weighted by Gasteiger charge is -2.36. The first-order valence-electron chi connectivity index (χ1n) is 12.5. The summed E-state index contributed by atoms with van der Waals surface area (Å²) in [5, 5.41) is 25.7. The van der Waals surface area contributed by atoms with Gasteiger partial charge in [0.05, 0.1) is 0 Å². The SMILES string of the molecule is CN(C/C(=N\O)C(O)(c1ccccc1)C1CCCC1)CC1C2CN(Cc3ccccc3)CC12. The Labute approximate surface area is 197 Å². The number of aliphatic hydroxyl groups is 1. The van der Waals surface area contributed by atoms with E-state index in [4.69, 9.17) is 0 Å². The molecule has 33 heavy (non-hydrogen) atoms. The van der Waals surface area contributed by atoms with Gasteiger partial charge in [0.2, 0.25) is 0 Å². The maximum atomic E-state index is 12.0. The molecule has 3 aliphatic rings. The van der Waals surface area contributed by atoms with Gasteiger partial charge in [0.1, 0.15) is 11.3 Å². The molecule has 3 unspecified atom stereocenters. The number of fused-ring (bicyclic) bond motifs is 1. The molecule has 5 rings (SSSR count). The first kappa shape index (κ1) is 22.6. The fourth-order valence-electron chi connectivity index (χ4n) is 6.56. The molecule has 5 heteroatoms. The quantitative estimate of drug-likeness (QED) is 0.344. The lowest BCUT2D eigenvalue weighted by molar-refractivity contribution is 0.0401. The predicted molar refractivity (Wildman–Crippen MR) is 131 cm³/mol. The molecule has 2 aromatic rings. The van der Waals surface area contributed by atoms with Crippen LogP contribution in [0.15, 0.2) is 65.8 Å². The summed E-state index contributed by atoms with van der Waals surface area (Å²) < 4.78 is 0. The minimum absolute atomic E-state index is 0.103. The van der Waals surface area contributed by atoms with Crippen molar-refractivity contribution in [3.63, 3.8) is 0 Å². The smallest absolute Gasteiger partial charge is 0.135 e. The summed E-state index contributed by atoms with van der Waals surface area (Å²) in [7, 11) is 2.10. The zero-order valence-corrected chi connectivity index (χ0v) is 19.7. The lowest BCUT2D eigenvalue weighted by atomic mass is 9.76. The number of oxime groups is 1. The zero-order chi connectivity index (χ0) is 22.8. The number of nitrogens with zero attached hydrogens (tertiary/aromatic N) is 3. The van der Waals surface area contributed by atoms with E-state index in [9.17, 15) is 10.3 Å². The fourth-order valence-corrected chi connectivity index (χ4v) is 6.56. The van der Waals surface area contributed by atoms with E-state index in [-0.39, 0.29) is 5.92 Å². The third kappa shape index (κ3) is 4.59. The Balaban J connectivity index is 1.19. The second-order valence-electron chi connectivity index (χ2n) is 10.5. The molecule has 0 amide bonds. The van der Waals surface area contributed by atoms with E-state index in [0.29, 0.717) is 18.2 Å². The second kappa shape index (κ2) is 9.57. The first-order chi connectivity index (χ1) is 16.1. The van der Waals surface area contributed by atoms with Gasteiger partial charge >= 0.3 is 0 Å². The van der Waals surface area contributed by atoms with Crippen molar-refractivity contribution >= 4 is 5.71 Å². The summed E-state index contributed by atoms with van der Waals surface area (Å²) in [5.74, 6) is 2.35. The Kier molecular flexibility index (Phi) is 6.55. The molecule has 176 valence electrons. The van der Waals surface area contributed by atoms with Crippen molar-refractivity contribution < 1.29 is 10.3 Å². The third-order valence-corrected chi connectivity index (χ3v) is 8.36.